The molecular formula is C8H17N3. The highest BCUT2D eigenvalue weighted by atomic mass is 15.3. The van der Waals surface area contributed by atoms with Crippen LogP contribution in [0.5, 0.6) is 0 Å². The lowest BCUT2D eigenvalue weighted by Gasteiger charge is -2.12. The molecule has 1 aromatic rings. The molecule has 1 rings (SSSR count). The van der Waals surface area contributed by atoms with Gasteiger partial charge in [-0.3, -0.25) is 0 Å². The maximum Gasteiger partial charge on any atom is 0.0877 e. The van der Waals surface area contributed by atoms with Gasteiger partial charge in [0.05, 0.1) is 11.9 Å². The maximum absolute atomic E-state index is 3.95. The van der Waals surface area contributed by atoms with Gasteiger partial charge in [-0.1, -0.05) is 34.6 Å². The van der Waals surface area contributed by atoms with Crippen molar-refractivity contribution >= 4 is 0 Å². The summed E-state index contributed by atoms with van der Waals surface area (Å²) in [5, 5.41) is 10.2. The molecule has 0 saturated carbocycles. The first-order chi connectivity index (χ1) is 5.11. The lowest BCUT2D eigenvalue weighted by molar-refractivity contribution is 0.567. The van der Waals surface area contributed by atoms with Crippen LogP contribution in [0.1, 0.15) is 40.3 Å². The molecule has 0 fully saturated rings. The highest BCUT2D eigenvalue weighted by Gasteiger charge is 2.15. The number of hydrogen-bond acceptors (Lipinski definition) is 2. The molecule has 0 bridgehead atoms. The van der Waals surface area contributed by atoms with Crippen LogP contribution in [0, 0.1) is 0 Å². The summed E-state index contributed by atoms with van der Waals surface area (Å²) in [7, 11) is 0. The Bertz CT molecular complexity index is 172. The number of H-pyrrole nitrogens is 1. The number of nitrogens with zero attached hydrogens (tertiary/aromatic N) is 2. The number of nitrogens with one attached hydrogen (secondary N) is 1. The smallest absolute Gasteiger partial charge is 0.0877 e. The summed E-state index contributed by atoms with van der Waals surface area (Å²) in [6, 6.07) is 0. The largest absolute Gasteiger partial charge is 0.198 e. The molecule has 1 heterocycles. The van der Waals surface area contributed by atoms with Crippen molar-refractivity contribution in [1.29, 1.82) is 0 Å². The van der Waals surface area contributed by atoms with Crippen LogP contribution in [-0.2, 0) is 5.41 Å². The minimum Gasteiger partial charge on any atom is -0.198 e. The van der Waals surface area contributed by atoms with Gasteiger partial charge in [0.2, 0.25) is 0 Å². The molecule has 0 unspecified atom stereocenters. The molecule has 0 amide bonds. The summed E-state index contributed by atoms with van der Waals surface area (Å²) < 4.78 is 0. The predicted molar refractivity (Wildman–Crippen MR) is 46.4 cm³/mol. The van der Waals surface area contributed by atoms with E-state index in [4.69, 9.17) is 0 Å². The lowest BCUT2D eigenvalue weighted by atomic mass is 9.93. The normalized spacial score (nSPS) is 10.3. The molecule has 0 atom stereocenters. The lowest BCUT2D eigenvalue weighted by Crippen LogP contribution is -2.11. The molecular weight excluding hydrogens is 138 g/mol. The Morgan fingerprint density at radius 1 is 1.27 bits per heavy atom. The third-order valence-corrected chi connectivity index (χ3v) is 1.18. The second kappa shape index (κ2) is 4.11. The Kier molecular flexibility index (Phi) is 3.79. The van der Waals surface area contributed by atoms with Crippen LogP contribution in [0.2, 0.25) is 0 Å². The van der Waals surface area contributed by atoms with Crippen molar-refractivity contribution in [2.45, 2.75) is 40.0 Å². The van der Waals surface area contributed by atoms with Crippen LogP contribution in [0.25, 0.3) is 0 Å². The molecule has 64 valence electrons. The highest BCUT2D eigenvalue weighted by molar-refractivity contribution is 5.04. The first-order valence-electron chi connectivity index (χ1n) is 3.97. The summed E-state index contributed by atoms with van der Waals surface area (Å²) in [6.07, 6.45) is 1.75. The fourth-order valence-corrected chi connectivity index (χ4v) is 0.563. The van der Waals surface area contributed by atoms with Crippen molar-refractivity contribution in [1.82, 2.24) is 15.4 Å². The van der Waals surface area contributed by atoms with Gasteiger partial charge in [-0.05, 0) is 0 Å². The standard InChI is InChI=1S/C6H11N3.C2H6/c1-6(2,3)5-4-7-9-8-5;1-2/h4H,1-3H3,(H,7,8,9);1-2H3. The van der Waals surface area contributed by atoms with E-state index < -0.39 is 0 Å². The van der Waals surface area contributed by atoms with E-state index in [-0.39, 0.29) is 5.41 Å². The van der Waals surface area contributed by atoms with Crippen LogP contribution in [0.4, 0.5) is 0 Å². The van der Waals surface area contributed by atoms with Crippen molar-refractivity contribution in [3.8, 4) is 0 Å². The maximum atomic E-state index is 3.95. The molecule has 11 heavy (non-hydrogen) atoms. The molecule has 0 saturated heterocycles. The van der Waals surface area contributed by atoms with E-state index in [2.05, 4.69) is 36.2 Å². The summed E-state index contributed by atoms with van der Waals surface area (Å²) in [5.74, 6) is 0. The van der Waals surface area contributed by atoms with Crippen molar-refractivity contribution in [3.05, 3.63) is 11.9 Å². The van der Waals surface area contributed by atoms with Crippen molar-refractivity contribution in [3.63, 3.8) is 0 Å². The Labute approximate surface area is 68.2 Å². The number of rotatable bonds is 0. The first kappa shape index (κ1) is 10.1. The summed E-state index contributed by atoms with van der Waals surface area (Å²) in [6.45, 7) is 10.3. The summed E-state index contributed by atoms with van der Waals surface area (Å²) in [4.78, 5) is 0. The SMILES string of the molecule is CC.CC(C)(C)c1cn[nH]n1. The van der Waals surface area contributed by atoms with Crippen molar-refractivity contribution in [2.75, 3.05) is 0 Å². The number of aromatic nitrogens is 3. The van der Waals surface area contributed by atoms with Gasteiger partial charge in [-0.2, -0.15) is 15.4 Å². The zero-order chi connectivity index (χ0) is 8.91. The van der Waals surface area contributed by atoms with Crippen molar-refractivity contribution in [2.24, 2.45) is 0 Å². The van der Waals surface area contributed by atoms with E-state index in [0.717, 1.165) is 5.69 Å². The van der Waals surface area contributed by atoms with E-state index in [0.29, 0.717) is 0 Å². The quantitative estimate of drug-likeness (QED) is 0.623. The van der Waals surface area contributed by atoms with E-state index in [1.54, 1.807) is 6.20 Å². The first-order valence-corrected chi connectivity index (χ1v) is 3.97. The molecule has 1 N–H and O–H groups in total. The van der Waals surface area contributed by atoms with Gasteiger partial charge in [0.1, 0.15) is 0 Å². The predicted octanol–water partition coefficient (Wildman–Crippen LogP) is 2.13. The van der Waals surface area contributed by atoms with Crippen LogP contribution >= 0.6 is 0 Å². The Morgan fingerprint density at radius 2 is 1.82 bits per heavy atom. The van der Waals surface area contributed by atoms with E-state index in [1.807, 2.05) is 13.8 Å². The van der Waals surface area contributed by atoms with Crippen LogP contribution in [0.15, 0.2) is 6.20 Å². The van der Waals surface area contributed by atoms with Gasteiger partial charge in [0.25, 0.3) is 0 Å². The third-order valence-electron chi connectivity index (χ3n) is 1.18. The van der Waals surface area contributed by atoms with Gasteiger partial charge in [-0.25, -0.2) is 0 Å². The molecule has 0 aliphatic carbocycles. The monoisotopic (exact) mass is 155 g/mol. The van der Waals surface area contributed by atoms with E-state index in [1.165, 1.54) is 0 Å². The fraction of sp³-hybridized carbons (Fsp3) is 0.750. The number of hydrogen-bond donors (Lipinski definition) is 1. The average molecular weight is 155 g/mol. The van der Waals surface area contributed by atoms with Crippen molar-refractivity contribution < 1.29 is 0 Å². The summed E-state index contributed by atoms with van der Waals surface area (Å²) >= 11 is 0. The molecule has 0 aliphatic rings. The van der Waals surface area contributed by atoms with Crippen LogP contribution < -0.4 is 0 Å². The minimum atomic E-state index is 0.118. The highest BCUT2D eigenvalue weighted by Crippen LogP contribution is 2.17. The van der Waals surface area contributed by atoms with Gasteiger partial charge in [-0.15, -0.1) is 0 Å². The van der Waals surface area contributed by atoms with E-state index >= 15 is 0 Å². The fourth-order valence-electron chi connectivity index (χ4n) is 0.563. The second-order valence-corrected chi connectivity index (χ2v) is 3.11. The Hall–Kier alpha value is -0.860. The molecule has 0 spiro atoms. The van der Waals surface area contributed by atoms with Gasteiger partial charge >= 0.3 is 0 Å². The van der Waals surface area contributed by atoms with Crippen LogP contribution in [-0.4, -0.2) is 15.4 Å². The number of aromatic amines is 1. The molecule has 3 heteroatoms. The molecule has 3 nitrogen and oxygen atoms in total. The topological polar surface area (TPSA) is 41.6 Å². The second-order valence-electron chi connectivity index (χ2n) is 3.11. The zero-order valence-corrected chi connectivity index (χ0v) is 7.97. The van der Waals surface area contributed by atoms with E-state index in [9.17, 15) is 0 Å². The van der Waals surface area contributed by atoms with Crippen LogP contribution in [0.3, 0.4) is 0 Å². The Balaban J connectivity index is 0.000000461. The molecule has 0 aromatic carbocycles. The molecule has 0 aliphatic heterocycles. The Morgan fingerprint density at radius 3 is 2.00 bits per heavy atom. The van der Waals surface area contributed by atoms with Gasteiger partial charge in [0, 0.05) is 5.41 Å². The summed E-state index contributed by atoms with van der Waals surface area (Å²) in [5.41, 5.74) is 1.12. The zero-order valence-electron chi connectivity index (χ0n) is 7.97. The molecule has 1 aromatic heterocycles. The molecule has 0 radical (unpaired) electrons. The van der Waals surface area contributed by atoms with Gasteiger partial charge in [0.15, 0.2) is 0 Å². The van der Waals surface area contributed by atoms with Gasteiger partial charge < -0.3 is 0 Å². The average Bonchev–Trinajstić information content (AvgIpc) is 2.40. The minimum absolute atomic E-state index is 0.118. The third kappa shape index (κ3) is 3.16.